The van der Waals surface area contributed by atoms with E-state index in [9.17, 15) is 31.2 Å². The van der Waals surface area contributed by atoms with E-state index in [1.807, 2.05) is 19.1 Å². The van der Waals surface area contributed by atoms with Crippen LogP contribution in [0.3, 0.4) is 0 Å². The summed E-state index contributed by atoms with van der Waals surface area (Å²) in [6.45, 7) is 2.69. The average Bonchev–Trinajstić information content (AvgIpc) is 2.92. The minimum Gasteiger partial charge on any atom is -0.357 e. The molecule has 0 bridgehead atoms. The van der Waals surface area contributed by atoms with Crippen molar-refractivity contribution >= 4 is 39.1 Å². The number of carbonyl (C=O) groups excluding carboxylic acids is 2. The predicted molar refractivity (Wildman–Crippen MR) is 147 cm³/mol. The molecule has 0 unspecified atom stereocenters. The van der Waals surface area contributed by atoms with Gasteiger partial charge in [-0.05, 0) is 49.2 Å². The Bertz CT molecular complexity index is 1450. The predicted octanol–water partition coefficient (Wildman–Crippen LogP) is 5.42. The Labute approximate surface area is 236 Å². The maximum atomic E-state index is 13.8. The molecule has 3 rings (SSSR count). The number of aryl methyl sites for hydroxylation is 1. The largest absolute Gasteiger partial charge is 0.417 e. The van der Waals surface area contributed by atoms with Crippen molar-refractivity contribution in [2.24, 2.45) is 0 Å². The molecule has 214 valence electrons. The summed E-state index contributed by atoms with van der Waals surface area (Å²) in [5.41, 5.74) is 0.00539. The zero-order valence-corrected chi connectivity index (χ0v) is 23.6. The van der Waals surface area contributed by atoms with E-state index in [0.29, 0.717) is 15.9 Å². The minimum atomic E-state index is -4.87. The number of likely N-dealkylation sites (N-methyl/N-ethyl adjacent to an activating group) is 1. The number of alkyl halides is 3. The minimum absolute atomic E-state index is 0.0291. The Kier molecular flexibility index (Phi) is 9.86. The summed E-state index contributed by atoms with van der Waals surface area (Å²) >= 11 is 5.78. The molecule has 0 aliphatic heterocycles. The van der Waals surface area contributed by atoms with E-state index in [-0.39, 0.29) is 17.9 Å². The van der Waals surface area contributed by atoms with Crippen LogP contribution >= 0.6 is 11.6 Å². The van der Waals surface area contributed by atoms with Crippen LogP contribution in [0, 0.1) is 6.92 Å². The van der Waals surface area contributed by atoms with Crippen molar-refractivity contribution in [2.45, 2.75) is 43.9 Å². The molecule has 2 amide bonds. The van der Waals surface area contributed by atoms with Crippen molar-refractivity contribution in [1.82, 2.24) is 10.2 Å². The fourth-order valence-electron chi connectivity index (χ4n) is 4.11. The topological polar surface area (TPSA) is 86.8 Å². The van der Waals surface area contributed by atoms with Gasteiger partial charge in [0.2, 0.25) is 11.8 Å². The van der Waals surface area contributed by atoms with Gasteiger partial charge in [0.25, 0.3) is 10.0 Å². The molecule has 12 heteroatoms. The van der Waals surface area contributed by atoms with Gasteiger partial charge < -0.3 is 10.2 Å². The van der Waals surface area contributed by atoms with E-state index in [4.69, 9.17) is 11.6 Å². The Morgan fingerprint density at radius 1 is 1.00 bits per heavy atom. The third-order valence-electron chi connectivity index (χ3n) is 6.26. The summed E-state index contributed by atoms with van der Waals surface area (Å²) in [4.78, 5) is 27.6. The molecule has 0 saturated carbocycles. The number of nitrogens with zero attached hydrogens (tertiary/aromatic N) is 2. The van der Waals surface area contributed by atoms with Crippen molar-refractivity contribution in [3.63, 3.8) is 0 Å². The third-order valence-corrected chi connectivity index (χ3v) is 8.38. The highest BCUT2D eigenvalue weighted by atomic mass is 35.5. The van der Waals surface area contributed by atoms with Gasteiger partial charge in [0.1, 0.15) is 12.6 Å². The van der Waals surface area contributed by atoms with Crippen LogP contribution in [0.25, 0.3) is 0 Å². The zero-order valence-electron chi connectivity index (χ0n) is 22.1. The summed E-state index contributed by atoms with van der Waals surface area (Å²) in [7, 11) is -3.10. The van der Waals surface area contributed by atoms with E-state index < -0.39 is 56.9 Å². The first kappa shape index (κ1) is 31.0. The second-order valence-corrected chi connectivity index (χ2v) is 11.3. The second-order valence-electron chi connectivity index (χ2n) is 9.03. The van der Waals surface area contributed by atoms with Crippen LogP contribution in [0.5, 0.6) is 0 Å². The highest BCUT2D eigenvalue weighted by Crippen LogP contribution is 2.38. The third kappa shape index (κ3) is 7.14. The molecule has 1 N–H and O–H groups in total. The summed E-state index contributed by atoms with van der Waals surface area (Å²) < 4.78 is 69.1. The quantitative estimate of drug-likeness (QED) is 0.339. The maximum absolute atomic E-state index is 13.8. The fraction of sp³-hybridized carbons (Fsp3) is 0.286. The number of rotatable bonds is 10. The van der Waals surface area contributed by atoms with Crippen LogP contribution in [-0.4, -0.2) is 44.8 Å². The summed E-state index contributed by atoms with van der Waals surface area (Å²) in [5, 5.41) is 1.89. The highest BCUT2D eigenvalue weighted by Gasteiger charge is 2.37. The normalized spacial score (nSPS) is 12.5. The van der Waals surface area contributed by atoms with Crippen molar-refractivity contribution < 1.29 is 31.2 Å². The van der Waals surface area contributed by atoms with Crippen LogP contribution in [0.15, 0.2) is 77.7 Å². The first-order valence-electron chi connectivity index (χ1n) is 12.3. The molecular formula is C28H29ClF3N3O4S. The number of hydrogen-bond donors (Lipinski definition) is 1. The lowest BCUT2D eigenvalue weighted by Gasteiger charge is -2.33. The number of sulfonamides is 1. The first-order valence-corrected chi connectivity index (χ1v) is 14.1. The van der Waals surface area contributed by atoms with Crippen molar-refractivity contribution in [1.29, 1.82) is 0 Å². The molecule has 3 aromatic carbocycles. The maximum Gasteiger partial charge on any atom is 0.417 e. The fourth-order valence-corrected chi connectivity index (χ4v) is 5.76. The summed E-state index contributed by atoms with van der Waals surface area (Å²) in [5.74, 6) is -1.25. The van der Waals surface area contributed by atoms with E-state index >= 15 is 0 Å². The lowest BCUT2D eigenvalue weighted by atomic mass is 10.1. The summed E-state index contributed by atoms with van der Waals surface area (Å²) in [6.07, 6.45) is -4.66. The molecule has 1 atom stereocenters. The van der Waals surface area contributed by atoms with Gasteiger partial charge in [0, 0.05) is 13.6 Å². The number of nitrogens with one attached hydrogen (secondary N) is 1. The Morgan fingerprint density at radius 3 is 2.17 bits per heavy atom. The molecule has 0 aromatic heterocycles. The molecule has 3 aromatic rings. The molecule has 0 aliphatic rings. The Balaban J connectivity index is 2.13. The van der Waals surface area contributed by atoms with Gasteiger partial charge >= 0.3 is 6.18 Å². The molecule has 7 nitrogen and oxygen atoms in total. The molecule has 0 heterocycles. The van der Waals surface area contributed by atoms with E-state index in [1.165, 1.54) is 36.2 Å². The first-order chi connectivity index (χ1) is 18.8. The van der Waals surface area contributed by atoms with Gasteiger partial charge in [-0.25, -0.2) is 8.42 Å². The van der Waals surface area contributed by atoms with Crippen LogP contribution in [0.2, 0.25) is 5.02 Å². The molecule has 40 heavy (non-hydrogen) atoms. The average molecular weight is 596 g/mol. The van der Waals surface area contributed by atoms with Crippen LogP contribution in [-0.2, 0) is 32.3 Å². The number of halogens is 4. The summed E-state index contributed by atoms with van der Waals surface area (Å²) in [6, 6.07) is 15.9. The standard InChI is InChI=1S/C28H29ClF3N3O4S/c1-4-25(27(37)33-3)34(17-20-12-10-19(2)11-13-20)26(36)18-35(40(38,39)22-8-6-5-7-9-22)21-14-15-24(29)23(16-21)28(30,31)32/h5-16,25H,4,17-18H2,1-3H3,(H,33,37)/t25-/m0/s1. The van der Waals surface area contributed by atoms with E-state index in [0.717, 1.165) is 17.7 Å². The van der Waals surface area contributed by atoms with Crippen molar-refractivity contribution in [3.05, 3.63) is 94.5 Å². The number of hydrogen-bond acceptors (Lipinski definition) is 4. The number of carbonyl (C=O) groups is 2. The van der Waals surface area contributed by atoms with Crippen molar-refractivity contribution in [3.8, 4) is 0 Å². The number of anilines is 1. The molecular weight excluding hydrogens is 567 g/mol. The lowest BCUT2D eigenvalue weighted by molar-refractivity contribution is -0.140. The van der Waals surface area contributed by atoms with Gasteiger partial charge in [-0.2, -0.15) is 13.2 Å². The van der Waals surface area contributed by atoms with Gasteiger partial charge in [0.15, 0.2) is 0 Å². The van der Waals surface area contributed by atoms with Crippen LogP contribution in [0.4, 0.5) is 18.9 Å². The van der Waals surface area contributed by atoms with Gasteiger partial charge in [-0.15, -0.1) is 0 Å². The van der Waals surface area contributed by atoms with Gasteiger partial charge in [-0.3, -0.25) is 13.9 Å². The van der Waals surface area contributed by atoms with Crippen LogP contribution < -0.4 is 9.62 Å². The van der Waals surface area contributed by atoms with Gasteiger partial charge in [-0.1, -0.05) is 66.6 Å². The molecule has 0 aliphatic carbocycles. The monoisotopic (exact) mass is 595 g/mol. The molecule has 0 radical (unpaired) electrons. The number of benzene rings is 3. The molecule has 0 saturated heterocycles. The highest BCUT2D eigenvalue weighted by molar-refractivity contribution is 7.92. The Hall–Kier alpha value is -3.57. The Morgan fingerprint density at radius 2 is 1.62 bits per heavy atom. The van der Waals surface area contributed by atoms with Crippen LogP contribution in [0.1, 0.15) is 30.0 Å². The van der Waals surface area contributed by atoms with E-state index in [2.05, 4.69) is 5.32 Å². The van der Waals surface area contributed by atoms with Gasteiger partial charge in [0.05, 0.1) is 21.2 Å². The number of amides is 2. The van der Waals surface area contributed by atoms with E-state index in [1.54, 1.807) is 25.1 Å². The lowest BCUT2D eigenvalue weighted by Crippen LogP contribution is -2.51. The second kappa shape index (κ2) is 12.7. The molecule has 0 fully saturated rings. The SMILES string of the molecule is CC[C@@H](C(=O)NC)N(Cc1ccc(C)cc1)C(=O)CN(c1ccc(Cl)c(C(F)(F)F)c1)S(=O)(=O)c1ccccc1. The molecule has 0 spiro atoms. The smallest absolute Gasteiger partial charge is 0.357 e. The van der Waals surface area contributed by atoms with Crippen molar-refractivity contribution in [2.75, 3.05) is 17.9 Å². The zero-order chi connectivity index (χ0) is 29.7.